The zero-order valence-electron chi connectivity index (χ0n) is 16.4. The van der Waals surface area contributed by atoms with Crippen LogP contribution >= 0.6 is 0 Å². The fraction of sp³-hybridized carbons (Fsp3) is 0.857. The summed E-state index contributed by atoms with van der Waals surface area (Å²) in [5.74, 6) is -0.0836. The summed E-state index contributed by atoms with van der Waals surface area (Å²) in [6, 6.07) is -0.170. The van der Waals surface area contributed by atoms with Crippen LogP contribution in [0.4, 0.5) is 0 Å². The number of aliphatic hydroxyl groups excluding tert-OH is 1. The van der Waals surface area contributed by atoms with Crippen molar-refractivity contribution in [3.8, 4) is 0 Å². The number of carbonyl (C=O) groups excluding carboxylic acids is 1. The minimum Gasteiger partial charge on any atom is -0.387 e. The highest BCUT2D eigenvalue weighted by molar-refractivity contribution is 5.73. The lowest BCUT2D eigenvalue weighted by Gasteiger charge is -2.19. The fourth-order valence-electron chi connectivity index (χ4n) is 2.99. The minimum atomic E-state index is -0.577. The van der Waals surface area contributed by atoms with Crippen LogP contribution in [0.5, 0.6) is 0 Å². The number of nitrogens with one attached hydrogen (secondary N) is 1. The predicted octanol–water partition coefficient (Wildman–Crippen LogP) is 5.52. The number of allylic oxidation sites excluding steroid dienone is 1. The molecule has 2 atom stereocenters. The monoisotopic (exact) mass is 339 g/mol. The molecule has 0 aromatic carbocycles. The SMILES string of the molecule is CCCCCCCCCCCCC/C=C/[C@@H](O)[C@H](CC)NC(C)=O. The van der Waals surface area contributed by atoms with Crippen LogP contribution in [0.15, 0.2) is 12.2 Å². The third-order valence-corrected chi connectivity index (χ3v) is 4.55. The Bertz CT molecular complexity index is 315. The lowest BCUT2D eigenvalue weighted by atomic mass is 10.0. The molecule has 0 aliphatic rings. The van der Waals surface area contributed by atoms with Crippen LogP contribution in [-0.4, -0.2) is 23.2 Å². The van der Waals surface area contributed by atoms with Gasteiger partial charge in [0, 0.05) is 6.92 Å². The van der Waals surface area contributed by atoms with E-state index < -0.39 is 6.10 Å². The zero-order chi connectivity index (χ0) is 18.0. The molecule has 3 heteroatoms. The second-order valence-electron chi connectivity index (χ2n) is 6.96. The molecule has 0 aliphatic carbocycles. The molecule has 0 fully saturated rings. The maximum atomic E-state index is 11.1. The van der Waals surface area contributed by atoms with E-state index in [0.717, 1.165) is 12.8 Å². The number of carbonyl (C=O) groups is 1. The van der Waals surface area contributed by atoms with Gasteiger partial charge in [0.25, 0.3) is 0 Å². The second-order valence-corrected chi connectivity index (χ2v) is 6.96. The Labute approximate surface area is 150 Å². The summed E-state index contributed by atoms with van der Waals surface area (Å²) < 4.78 is 0. The highest BCUT2D eigenvalue weighted by Crippen LogP contribution is 2.12. The summed E-state index contributed by atoms with van der Waals surface area (Å²) in [6.45, 7) is 5.73. The fourth-order valence-corrected chi connectivity index (χ4v) is 2.99. The summed E-state index contributed by atoms with van der Waals surface area (Å²) in [6.07, 6.45) is 20.0. The molecular weight excluding hydrogens is 298 g/mol. The lowest BCUT2D eigenvalue weighted by molar-refractivity contribution is -0.120. The van der Waals surface area contributed by atoms with Gasteiger partial charge in [-0.2, -0.15) is 0 Å². The topological polar surface area (TPSA) is 49.3 Å². The van der Waals surface area contributed by atoms with Gasteiger partial charge in [-0.25, -0.2) is 0 Å². The number of hydrogen-bond acceptors (Lipinski definition) is 2. The molecule has 1 amide bonds. The van der Waals surface area contributed by atoms with Gasteiger partial charge >= 0.3 is 0 Å². The van der Waals surface area contributed by atoms with Crippen molar-refractivity contribution in [2.75, 3.05) is 0 Å². The van der Waals surface area contributed by atoms with Crippen LogP contribution in [0, 0.1) is 0 Å². The first-order chi connectivity index (χ1) is 11.6. The van der Waals surface area contributed by atoms with Crippen molar-refractivity contribution < 1.29 is 9.90 Å². The van der Waals surface area contributed by atoms with Crippen molar-refractivity contribution in [1.29, 1.82) is 0 Å². The molecule has 3 nitrogen and oxygen atoms in total. The van der Waals surface area contributed by atoms with Crippen LogP contribution in [0.1, 0.15) is 104 Å². The highest BCUT2D eigenvalue weighted by Gasteiger charge is 2.14. The predicted molar refractivity (Wildman–Crippen MR) is 104 cm³/mol. The normalized spacial score (nSPS) is 14.0. The molecular formula is C21H41NO2. The molecule has 0 bridgehead atoms. The van der Waals surface area contributed by atoms with Crippen LogP contribution in [0.25, 0.3) is 0 Å². The molecule has 24 heavy (non-hydrogen) atoms. The average molecular weight is 340 g/mol. The molecule has 0 spiro atoms. The van der Waals surface area contributed by atoms with Gasteiger partial charge in [-0.15, -0.1) is 0 Å². The molecule has 0 heterocycles. The van der Waals surface area contributed by atoms with Crippen molar-refractivity contribution >= 4 is 5.91 Å². The van der Waals surface area contributed by atoms with Crippen LogP contribution in [0.3, 0.4) is 0 Å². The molecule has 0 saturated heterocycles. The molecule has 0 aliphatic heterocycles. The summed E-state index contributed by atoms with van der Waals surface area (Å²) in [5.41, 5.74) is 0. The lowest BCUT2D eigenvalue weighted by Crippen LogP contribution is -2.40. The molecule has 2 N–H and O–H groups in total. The third kappa shape index (κ3) is 14.7. The highest BCUT2D eigenvalue weighted by atomic mass is 16.3. The first-order valence-electron chi connectivity index (χ1n) is 10.2. The molecule has 0 rings (SSSR count). The molecule has 0 aromatic rings. The molecule has 0 radical (unpaired) electrons. The molecule has 0 aromatic heterocycles. The van der Waals surface area contributed by atoms with Gasteiger partial charge in [-0.3, -0.25) is 4.79 Å². The van der Waals surface area contributed by atoms with E-state index >= 15 is 0 Å². The first-order valence-corrected chi connectivity index (χ1v) is 10.2. The summed E-state index contributed by atoms with van der Waals surface area (Å²) in [4.78, 5) is 11.1. The van der Waals surface area contributed by atoms with E-state index in [9.17, 15) is 9.90 Å². The summed E-state index contributed by atoms with van der Waals surface area (Å²) in [5, 5.41) is 12.8. The molecule has 0 saturated carbocycles. The van der Waals surface area contributed by atoms with E-state index in [1.807, 2.05) is 13.0 Å². The quantitative estimate of drug-likeness (QED) is 0.287. The largest absolute Gasteiger partial charge is 0.387 e. The van der Waals surface area contributed by atoms with Gasteiger partial charge in [-0.1, -0.05) is 90.2 Å². The minimum absolute atomic E-state index is 0.0836. The Kier molecular flexibility index (Phi) is 16.4. The van der Waals surface area contributed by atoms with E-state index in [1.54, 1.807) is 0 Å². The Morgan fingerprint density at radius 3 is 1.88 bits per heavy atom. The number of unbranched alkanes of at least 4 members (excludes halogenated alkanes) is 11. The first kappa shape index (κ1) is 23.2. The van der Waals surface area contributed by atoms with Crippen LogP contribution < -0.4 is 5.32 Å². The van der Waals surface area contributed by atoms with Crippen molar-refractivity contribution in [2.24, 2.45) is 0 Å². The Morgan fingerprint density at radius 2 is 1.42 bits per heavy atom. The standard InChI is InChI=1S/C21H41NO2/c1-4-6-7-8-9-10-11-12-13-14-15-16-17-18-21(24)20(5-2)22-19(3)23/h17-18,20-21,24H,4-16H2,1-3H3,(H,22,23)/b18-17+/t20-,21+/m0/s1. The zero-order valence-corrected chi connectivity index (χ0v) is 16.4. The maximum absolute atomic E-state index is 11.1. The van der Waals surface area contributed by atoms with Gasteiger partial charge in [0.1, 0.15) is 0 Å². The van der Waals surface area contributed by atoms with Crippen LogP contribution in [-0.2, 0) is 4.79 Å². The van der Waals surface area contributed by atoms with Gasteiger partial charge < -0.3 is 10.4 Å². The Balaban J connectivity index is 3.47. The van der Waals surface area contributed by atoms with E-state index in [4.69, 9.17) is 0 Å². The van der Waals surface area contributed by atoms with Gasteiger partial charge in [-0.05, 0) is 19.3 Å². The smallest absolute Gasteiger partial charge is 0.217 e. The van der Waals surface area contributed by atoms with Crippen LogP contribution in [0.2, 0.25) is 0 Å². The van der Waals surface area contributed by atoms with Gasteiger partial charge in [0.2, 0.25) is 5.91 Å². The Morgan fingerprint density at radius 1 is 0.917 bits per heavy atom. The molecule has 142 valence electrons. The van der Waals surface area contributed by atoms with Crippen molar-refractivity contribution in [3.63, 3.8) is 0 Å². The number of amides is 1. The average Bonchev–Trinajstić information content (AvgIpc) is 2.56. The van der Waals surface area contributed by atoms with Gasteiger partial charge in [0.05, 0.1) is 12.1 Å². The van der Waals surface area contributed by atoms with Crippen molar-refractivity contribution in [2.45, 2.75) is 116 Å². The van der Waals surface area contributed by atoms with E-state index in [2.05, 4.69) is 18.3 Å². The van der Waals surface area contributed by atoms with E-state index in [-0.39, 0.29) is 11.9 Å². The summed E-state index contributed by atoms with van der Waals surface area (Å²) in [7, 11) is 0. The number of hydrogen-bond donors (Lipinski definition) is 2. The maximum Gasteiger partial charge on any atom is 0.217 e. The van der Waals surface area contributed by atoms with Crippen molar-refractivity contribution in [3.05, 3.63) is 12.2 Å². The second kappa shape index (κ2) is 17.0. The Hall–Kier alpha value is -0.830. The number of aliphatic hydroxyl groups is 1. The molecule has 0 unspecified atom stereocenters. The van der Waals surface area contributed by atoms with Gasteiger partial charge in [0.15, 0.2) is 0 Å². The van der Waals surface area contributed by atoms with Crippen molar-refractivity contribution in [1.82, 2.24) is 5.32 Å². The third-order valence-electron chi connectivity index (χ3n) is 4.55. The summed E-state index contributed by atoms with van der Waals surface area (Å²) >= 11 is 0. The van der Waals surface area contributed by atoms with E-state index in [0.29, 0.717) is 0 Å². The van der Waals surface area contributed by atoms with E-state index in [1.165, 1.54) is 77.6 Å². The number of rotatable bonds is 16.